The minimum Gasteiger partial charge on any atom is -0.361 e. The molecule has 0 aliphatic heterocycles. The highest BCUT2D eigenvalue weighted by molar-refractivity contribution is 5.88. The number of carbonyl (C=O) groups is 1. The van der Waals surface area contributed by atoms with Crippen LogP contribution in [0.4, 0.5) is 0 Å². The molecule has 2 nitrogen and oxygen atoms in total. The lowest BCUT2D eigenvalue weighted by Gasteiger charge is -2.20. The smallest absolute Gasteiger partial charge is 0.140 e. The Kier molecular flexibility index (Phi) is 2.28. The van der Waals surface area contributed by atoms with Gasteiger partial charge in [0.1, 0.15) is 5.78 Å². The van der Waals surface area contributed by atoms with Crippen LogP contribution in [-0.2, 0) is 4.79 Å². The van der Waals surface area contributed by atoms with E-state index in [1.54, 1.807) is 0 Å². The van der Waals surface area contributed by atoms with Gasteiger partial charge >= 0.3 is 0 Å². The molecule has 1 saturated carbocycles. The fourth-order valence-corrected chi connectivity index (χ4v) is 2.62. The van der Waals surface area contributed by atoms with Gasteiger partial charge < -0.3 is 4.98 Å². The molecule has 1 aliphatic rings. The number of Topliss-reactive ketones (excluding diaryl/α,β-unsaturated/α-hetero) is 1. The molecule has 0 spiro atoms. The van der Waals surface area contributed by atoms with Gasteiger partial charge in [-0.15, -0.1) is 0 Å². The summed E-state index contributed by atoms with van der Waals surface area (Å²) in [4.78, 5) is 15.0. The molecule has 0 bridgehead atoms. The highest BCUT2D eigenvalue weighted by Crippen LogP contribution is 2.31. The van der Waals surface area contributed by atoms with Crippen LogP contribution in [0.25, 0.3) is 10.9 Å². The van der Waals surface area contributed by atoms with Gasteiger partial charge in [-0.1, -0.05) is 12.5 Å². The molecular weight excluding hydrogens is 198 g/mol. The lowest BCUT2D eigenvalue weighted by atomic mass is 9.83. The average Bonchev–Trinajstić information content (AvgIpc) is 2.76. The third-order valence-electron chi connectivity index (χ3n) is 3.53. The molecule has 1 aromatic carbocycles. The summed E-state index contributed by atoms with van der Waals surface area (Å²) in [7, 11) is 0. The Bertz CT molecular complexity index is 526. The zero-order valence-electron chi connectivity index (χ0n) is 9.20. The Morgan fingerprint density at radius 2 is 2.12 bits per heavy atom. The van der Waals surface area contributed by atoms with E-state index in [-0.39, 0.29) is 5.92 Å². The minimum atomic E-state index is 0.146. The lowest BCUT2D eigenvalue weighted by molar-refractivity contribution is -0.121. The monoisotopic (exact) mass is 213 g/mol. The van der Waals surface area contributed by atoms with Crippen molar-refractivity contribution in [3.8, 4) is 0 Å². The maximum absolute atomic E-state index is 11.9. The molecule has 2 heteroatoms. The predicted molar refractivity (Wildman–Crippen MR) is 64.5 cm³/mol. The third-order valence-corrected chi connectivity index (χ3v) is 3.53. The van der Waals surface area contributed by atoms with Crippen LogP contribution in [0.2, 0.25) is 0 Å². The van der Waals surface area contributed by atoms with E-state index >= 15 is 0 Å². The maximum atomic E-state index is 11.9. The van der Waals surface area contributed by atoms with Crippen molar-refractivity contribution < 1.29 is 4.79 Å². The van der Waals surface area contributed by atoms with Gasteiger partial charge in [0.15, 0.2) is 0 Å². The number of nitrogens with one attached hydrogen (secondary N) is 1. The SMILES string of the molecule is O=C1CCCCC1c1ccc2[nH]ccc2c1. The molecule has 2 aromatic rings. The molecule has 1 heterocycles. The Morgan fingerprint density at radius 1 is 1.19 bits per heavy atom. The molecule has 0 saturated heterocycles. The first-order valence-corrected chi connectivity index (χ1v) is 5.94. The number of ketones is 1. The fourth-order valence-electron chi connectivity index (χ4n) is 2.62. The number of aromatic amines is 1. The Balaban J connectivity index is 2.00. The molecule has 1 N–H and O–H groups in total. The molecule has 1 unspecified atom stereocenters. The van der Waals surface area contributed by atoms with Crippen LogP contribution < -0.4 is 0 Å². The number of benzene rings is 1. The molecule has 1 aliphatic carbocycles. The van der Waals surface area contributed by atoms with Crippen LogP contribution >= 0.6 is 0 Å². The van der Waals surface area contributed by atoms with Crippen molar-refractivity contribution >= 4 is 16.7 Å². The molecule has 3 rings (SSSR count). The number of H-pyrrole nitrogens is 1. The van der Waals surface area contributed by atoms with Crippen LogP contribution in [0.15, 0.2) is 30.5 Å². The van der Waals surface area contributed by atoms with Crippen molar-refractivity contribution in [3.63, 3.8) is 0 Å². The van der Waals surface area contributed by atoms with Crippen LogP contribution in [0.1, 0.15) is 37.2 Å². The molecule has 1 atom stereocenters. The first-order chi connectivity index (χ1) is 7.84. The molecule has 0 radical (unpaired) electrons. The second kappa shape index (κ2) is 3.78. The van der Waals surface area contributed by atoms with E-state index in [0.29, 0.717) is 5.78 Å². The number of hydrogen-bond donors (Lipinski definition) is 1. The second-order valence-electron chi connectivity index (χ2n) is 4.59. The van der Waals surface area contributed by atoms with Crippen LogP contribution in [-0.4, -0.2) is 10.8 Å². The maximum Gasteiger partial charge on any atom is 0.140 e. The minimum absolute atomic E-state index is 0.146. The quantitative estimate of drug-likeness (QED) is 0.773. The van der Waals surface area contributed by atoms with Gasteiger partial charge in [-0.2, -0.15) is 0 Å². The van der Waals surface area contributed by atoms with Gasteiger partial charge in [0.05, 0.1) is 0 Å². The van der Waals surface area contributed by atoms with E-state index in [2.05, 4.69) is 29.2 Å². The Hall–Kier alpha value is -1.57. The van der Waals surface area contributed by atoms with E-state index < -0.39 is 0 Å². The van der Waals surface area contributed by atoms with Gasteiger partial charge in [0.25, 0.3) is 0 Å². The van der Waals surface area contributed by atoms with Crippen LogP contribution in [0.5, 0.6) is 0 Å². The molecule has 16 heavy (non-hydrogen) atoms. The van der Waals surface area contributed by atoms with Crippen molar-refractivity contribution in [2.24, 2.45) is 0 Å². The van der Waals surface area contributed by atoms with E-state index in [9.17, 15) is 4.79 Å². The molecular formula is C14H15NO. The summed E-state index contributed by atoms with van der Waals surface area (Å²) in [6.45, 7) is 0. The fraction of sp³-hybridized carbons (Fsp3) is 0.357. The highest BCUT2D eigenvalue weighted by atomic mass is 16.1. The van der Waals surface area contributed by atoms with Gasteiger partial charge in [-0.05, 0) is 42.0 Å². The van der Waals surface area contributed by atoms with Crippen LogP contribution in [0.3, 0.4) is 0 Å². The van der Waals surface area contributed by atoms with Gasteiger partial charge in [-0.3, -0.25) is 4.79 Å². The van der Waals surface area contributed by atoms with Crippen molar-refractivity contribution in [1.82, 2.24) is 4.98 Å². The number of carbonyl (C=O) groups excluding carboxylic acids is 1. The summed E-state index contributed by atoms with van der Waals surface area (Å²) in [5.74, 6) is 0.564. The standard InChI is InChI=1S/C14H15NO/c16-14-4-2-1-3-12(14)10-5-6-13-11(9-10)7-8-15-13/h5-9,12,15H,1-4H2. The summed E-state index contributed by atoms with van der Waals surface area (Å²) in [6.07, 6.45) is 5.98. The number of fused-ring (bicyclic) bond motifs is 1. The largest absolute Gasteiger partial charge is 0.361 e. The van der Waals surface area contributed by atoms with Crippen molar-refractivity contribution in [3.05, 3.63) is 36.0 Å². The molecule has 0 amide bonds. The van der Waals surface area contributed by atoms with E-state index in [1.807, 2.05) is 6.20 Å². The summed E-state index contributed by atoms with van der Waals surface area (Å²) in [6, 6.07) is 8.38. The third kappa shape index (κ3) is 1.54. The average molecular weight is 213 g/mol. The Morgan fingerprint density at radius 3 is 3.00 bits per heavy atom. The summed E-state index contributed by atoms with van der Waals surface area (Å²) < 4.78 is 0. The first kappa shape index (κ1) is 9.64. The van der Waals surface area contributed by atoms with Gasteiger partial charge in [-0.25, -0.2) is 0 Å². The van der Waals surface area contributed by atoms with Crippen molar-refractivity contribution in [1.29, 1.82) is 0 Å². The summed E-state index contributed by atoms with van der Waals surface area (Å²) >= 11 is 0. The van der Waals surface area contributed by atoms with E-state index in [0.717, 1.165) is 24.8 Å². The van der Waals surface area contributed by atoms with E-state index in [1.165, 1.54) is 17.4 Å². The summed E-state index contributed by atoms with van der Waals surface area (Å²) in [5, 5.41) is 1.20. The van der Waals surface area contributed by atoms with Crippen molar-refractivity contribution in [2.75, 3.05) is 0 Å². The molecule has 1 fully saturated rings. The summed E-state index contributed by atoms with van der Waals surface area (Å²) in [5.41, 5.74) is 2.34. The number of aromatic nitrogens is 1. The second-order valence-corrected chi connectivity index (χ2v) is 4.59. The first-order valence-electron chi connectivity index (χ1n) is 5.94. The van der Waals surface area contributed by atoms with E-state index in [4.69, 9.17) is 0 Å². The topological polar surface area (TPSA) is 32.9 Å². The van der Waals surface area contributed by atoms with Crippen LogP contribution in [0, 0.1) is 0 Å². The van der Waals surface area contributed by atoms with Gasteiger partial charge in [0, 0.05) is 24.1 Å². The normalized spacial score (nSPS) is 21.5. The predicted octanol–water partition coefficient (Wildman–Crippen LogP) is 3.39. The zero-order chi connectivity index (χ0) is 11.0. The number of rotatable bonds is 1. The lowest BCUT2D eigenvalue weighted by Crippen LogP contribution is -2.16. The highest BCUT2D eigenvalue weighted by Gasteiger charge is 2.23. The Labute approximate surface area is 94.7 Å². The van der Waals surface area contributed by atoms with Gasteiger partial charge in [0.2, 0.25) is 0 Å². The molecule has 82 valence electrons. The molecule has 1 aromatic heterocycles. The number of hydrogen-bond acceptors (Lipinski definition) is 1. The van der Waals surface area contributed by atoms with Crippen molar-refractivity contribution in [2.45, 2.75) is 31.6 Å². The zero-order valence-corrected chi connectivity index (χ0v) is 9.20.